The van der Waals surface area contributed by atoms with Crippen molar-refractivity contribution < 1.29 is 14.0 Å². The molecule has 148 valence electrons. The lowest BCUT2D eigenvalue weighted by Gasteiger charge is -2.05. The Labute approximate surface area is 175 Å². The quantitative estimate of drug-likeness (QED) is 0.577. The van der Waals surface area contributed by atoms with Crippen LogP contribution in [0.15, 0.2) is 47.8 Å². The zero-order valence-corrected chi connectivity index (χ0v) is 17.0. The van der Waals surface area contributed by atoms with E-state index >= 15 is 0 Å². The first-order valence-electron chi connectivity index (χ1n) is 9.00. The number of carbonyl (C=O) groups is 2. The lowest BCUT2D eigenvalue weighted by atomic mass is 10.1. The summed E-state index contributed by atoms with van der Waals surface area (Å²) in [6.45, 7) is 1.36. The van der Waals surface area contributed by atoms with Crippen LogP contribution in [0, 0.1) is 11.7 Å². The van der Waals surface area contributed by atoms with Crippen molar-refractivity contribution in [2.24, 2.45) is 5.92 Å². The number of nitrogens with one attached hydrogen (secondary N) is 2. The zero-order valence-electron chi connectivity index (χ0n) is 15.4. The number of hydrogen-bond donors (Lipinski definition) is 2. The monoisotopic (exact) mass is 429 g/mol. The SMILES string of the molecule is CC(=O)Nc1ccc(-c2csc(NC(=O)C3CC3c3ccccc3Cl)n2)c(F)c1. The van der Waals surface area contributed by atoms with Crippen LogP contribution in [0.2, 0.25) is 5.02 Å². The first kappa shape index (κ1) is 19.5. The highest BCUT2D eigenvalue weighted by atomic mass is 35.5. The molecule has 5 nitrogen and oxygen atoms in total. The van der Waals surface area contributed by atoms with Crippen LogP contribution in [0.3, 0.4) is 0 Å². The lowest BCUT2D eigenvalue weighted by molar-refractivity contribution is -0.117. The van der Waals surface area contributed by atoms with Gasteiger partial charge in [-0.05, 0) is 42.2 Å². The summed E-state index contributed by atoms with van der Waals surface area (Å²) < 4.78 is 14.4. The van der Waals surface area contributed by atoms with Gasteiger partial charge >= 0.3 is 0 Å². The van der Waals surface area contributed by atoms with Gasteiger partial charge in [0.1, 0.15) is 5.82 Å². The summed E-state index contributed by atoms with van der Waals surface area (Å²) in [5.41, 5.74) is 2.09. The topological polar surface area (TPSA) is 71.1 Å². The first-order valence-corrected chi connectivity index (χ1v) is 10.3. The minimum atomic E-state index is -0.500. The number of nitrogens with zero attached hydrogens (tertiary/aromatic N) is 1. The highest BCUT2D eigenvalue weighted by molar-refractivity contribution is 7.14. The molecule has 2 N–H and O–H groups in total. The van der Waals surface area contributed by atoms with Crippen LogP contribution in [-0.4, -0.2) is 16.8 Å². The normalized spacial score (nSPS) is 17.6. The van der Waals surface area contributed by atoms with Crippen LogP contribution in [-0.2, 0) is 9.59 Å². The third-order valence-corrected chi connectivity index (χ3v) is 5.83. The Morgan fingerprint density at radius 1 is 1.21 bits per heavy atom. The third kappa shape index (κ3) is 4.31. The summed E-state index contributed by atoms with van der Waals surface area (Å²) in [7, 11) is 0. The maximum Gasteiger partial charge on any atom is 0.229 e. The Morgan fingerprint density at radius 3 is 2.72 bits per heavy atom. The molecule has 0 radical (unpaired) electrons. The highest BCUT2D eigenvalue weighted by Gasteiger charge is 2.45. The summed E-state index contributed by atoms with van der Waals surface area (Å²) in [4.78, 5) is 27.9. The van der Waals surface area contributed by atoms with Crippen LogP contribution in [0.1, 0.15) is 24.8 Å². The van der Waals surface area contributed by atoms with Gasteiger partial charge in [-0.1, -0.05) is 29.8 Å². The van der Waals surface area contributed by atoms with Crippen LogP contribution < -0.4 is 10.6 Å². The largest absolute Gasteiger partial charge is 0.326 e. The molecular weight excluding hydrogens is 413 g/mol. The van der Waals surface area contributed by atoms with Crippen LogP contribution in [0.5, 0.6) is 0 Å². The van der Waals surface area contributed by atoms with E-state index in [2.05, 4.69) is 15.6 Å². The fraction of sp³-hybridized carbons (Fsp3) is 0.190. The van der Waals surface area contributed by atoms with Crippen LogP contribution in [0.4, 0.5) is 15.2 Å². The van der Waals surface area contributed by atoms with Gasteiger partial charge in [0.05, 0.1) is 5.69 Å². The smallest absolute Gasteiger partial charge is 0.229 e. The number of thiazole rings is 1. The number of rotatable bonds is 5. The maximum absolute atomic E-state index is 14.4. The average molecular weight is 430 g/mol. The van der Waals surface area contributed by atoms with Crippen LogP contribution in [0.25, 0.3) is 11.3 Å². The molecular formula is C21H17ClFN3O2S. The molecule has 1 saturated carbocycles. The first-order chi connectivity index (χ1) is 13.9. The standard InChI is InChI=1S/C21H17ClFN3O2S/c1-11(27)24-12-6-7-14(18(23)8-12)19-10-29-21(25-19)26-20(28)16-9-15(16)13-4-2-3-5-17(13)22/h2-8,10,15-16H,9H2,1H3,(H,24,27)(H,25,26,28). The Morgan fingerprint density at radius 2 is 2.00 bits per heavy atom. The Balaban J connectivity index is 1.43. The summed E-state index contributed by atoms with van der Waals surface area (Å²) in [6.07, 6.45) is 0.743. The number of hydrogen-bond acceptors (Lipinski definition) is 4. The summed E-state index contributed by atoms with van der Waals surface area (Å²) in [6, 6.07) is 11.9. The van der Waals surface area contributed by atoms with Gasteiger partial charge in [0.15, 0.2) is 5.13 Å². The second kappa shape index (κ2) is 7.93. The van der Waals surface area contributed by atoms with Gasteiger partial charge < -0.3 is 10.6 Å². The Kier molecular flexibility index (Phi) is 5.34. The molecule has 4 rings (SSSR count). The molecule has 2 aromatic carbocycles. The predicted molar refractivity (Wildman–Crippen MR) is 113 cm³/mol. The zero-order chi connectivity index (χ0) is 20.5. The van der Waals surface area contributed by atoms with Crippen molar-refractivity contribution in [2.75, 3.05) is 10.6 Å². The molecule has 8 heteroatoms. The molecule has 0 bridgehead atoms. The number of benzene rings is 2. The number of amides is 2. The van der Waals surface area contributed by atoms with Crippen molar-refractivity contribution in [1.82, 2.24) is 4.98 Å². The Bertz CT molecular complexity index is 1100. The van der Waals surface area contributed by atoms with Gasteiger partial charge in [-0.3, -0.25) is 9.59 Å². The molecule has 0 spiro atoms. The van der Waals surface area contributed by atoms with Crippen molar-refractivity contribution in [3.63, 3.8) is 0 Å². The second-order valence-corrected chi connectivity index (χ2v) is 8.14. The van der Waals surface area contributed by atoms with Crippen molar-refractivity contribution in [3.05, 3.63) is 64.2 Å². The van der Waals surface area contributed by atoms with Crippen LogP contribution >= 0.6 is 22.9 Å². The van der Waals surface area contributed by atoms with Gasteiger partial charge in [-0.2, -0.15) is 0 Å². The average Bonchev–Trinajstić information content (AvgIpc) is 3.34. The van der Waals surface area contributed by atoms with Gasteiger partial charge in [0.2, 0.25) is 11.8 Å². The molecule has 2 amide bonds. The molecule has 0 saturated heterocycles. The van der Waals surface area contributed by atoms with Gasteiger partial charge in [-0.15, -0.1) is 11.3 Å². The van der Waals surface area contributed by atoms with Crippen molar-refractivity contribution in [3.8, 4) is 11.3 Å². The van der Waals surface area contributed by atoms with E-state index in [0.717, 1.165) is 12.0 Å². The van der Waals surface area contributed by atoms with E-state index in [9.17, 15) is 14.0 Å². The predicted octanol–water partition coefficient (Wildman–Crippen LogP) is 5.30. The summed E-state index contributed by atoms with van der Waals surface area (Å²) in [5.74, 6) is -0.915. The van der Waals surface area contributed by atoms with Crippen molar-refractivity contribution >= 4 is 45.6 Å². The molecule has 2 atom stereocenters. The summed E-state index contributed by atoms with van der Waals surface area (Å²) in [5, 5.41) is 8.12. The minimum absolute atomic E-state index is 0.113. The van der Waals surface area contributed by atoms with E-state index in [-0.39, 0.29) is 23.7 Å². The molecule has 1 aliphatic rings. The van der Waals surface area contributed by atoms with Gasteiger partial charge in [0, 0.05) is 34.5 Å². The number of anilines is 2. The van der Waals surface area contributed by atoms with E-state index in [1.54, 1.807) is 17.5 Å². The number of halogens is 2. The molecule has 29 heavy (non-hydrogen) atoms. The highest BCUT2D eigenvalue weighted by Crippen LogP contribution is 2.50. The molecule has 1 fully saturated rings. The van der Waals surface area contributed by atoms with Crippen molar-refractivity contribution in [2.45, 2.75) is 19.3 Å². The lowest BCUT2D eigenvalue weighted by Crippen LogP contribution is -2.14. The summed E-state index contributed by atoms with van der Waals surface area (Å²) >= 11 is 7.45. The minimum Gasteiger partial charge on any atom is -0.326 e. The number of aromatic nitrogens is 1. The fourth-order valence-electron chi connectivity index (χ4n) is 3.26. The van der Waals surface area contributed by atoms with E-state index in [1.165, 1.54) is 24.3 Å². The number of carbonyl (C=O) groups excluding carboxylic acids is 2. The molecule has 0 aliphatic heterocycles. The third-order valence-electron chi connectivity index (χ3n) is 4.73. The van der Waals surface area contributed by atoms with E-state index in [4.69, 9.17) is 11.6 Å². The molecule has 1 aliphatic carbocycles. The second-order valence-electron chi connectivity index (χ2n) is 6.87. The Hall–Kier alpha value is -2.77. The van der Waals surface area contributed by atoms with E-state index in [0.29, 0.717) is 27.1 Å². The van der Waals surface area contributed by atoms with E-state index in [1.807, 2.05) is 24.3 Å². The molecule has 1 aromatic heterocycles. The molecule has 1 heterocycles. The molecule has 3 aromatic rings. The van der Waals surface area contributed by atoms with Gasteiger partial charge in [0.25, 0.3) is 0 Å². The molecule has 2 unspecified atom stereocenters. The van der Waals surface area contributed by atoms with Gasteiger partial charge in [-0.25, -0.2) is 9.37 Å². The maximum atomic E-state index is 14.4. The van der Waals surface area contributed by atoms with E-state index < -0.39 is 5.82 Å². The fourth-order valence-corrected chi connectivity index (χ4v) is 4.25. The van der Waals surface area contributed by atoms with Crippen molar-refractivity contribution in [1.29, 1.82) is 0 Å².